The van der Waals surface area contributed by atoms with Crippen LogP contribution >= 0.6 is 11.3 Å². The van der Waals surface area contributed by atoms with Gasteiger partial charge >= 0.3 is 6.03 Å². The molecule has 176 valence electrons. The first-order valence-corrected chi connectivity index (χ1v) is 12.7. The molecule has 0 atom stereocenters. The van der Waals surface area contributed by atoms with E-state index >= 15 is 0 Å². The van der Waals surface area contributed by atoms with Gasteiger partial charge in [0.05, 0.1) is 6.67 Å². The van der Waals surface area contributed by atoms with Crippen molar-refractivity contribution in [1.29, 1.82) is 0 Å². The summed E-state index contributed by atoms with van der Waals surface area (Å²) in [6.07, 6.45) is 0.941. The Kier molecular flexibility index (Phi) is 6.76. The Morgan fingerprint density at radius 3 is 1.91 bits per heavy atom. The molecule has 6 nitrogen and oxygen atoms in total. The van der Waals surface area contributed by atoms with Gasteiger partial charge in [0.25, 0.3) is 5.91 Å². The Morgan fingerprint density at radius 2 is 1.35 bits per heavy atom. The molecule has 2 saturated heterocycles. The Hall–Kier alpha value is -3.00. The molecule has 2 fully saturated rings. The van der Waals surface area contributed by atoms with E-state index in [0.717, 1.165) is 43.9 Å². The van der Waals surface area contributed by atoms with Crippen LogP contribution in [0.25, 0.3) is 0 Å². The predicted octanol–water partition coefficient (Wildman–Crippen LogP) is 3.60. The number of nitrogens with one attached hydrogen (secondary N) is 1. The van der Waals surface area contributed by atoms with Crippen molar-refractivity contribution in [2.75, 3.05) is 32.8 Å². The number of thiophene rings is 1. The van der Waals surface area contributed by atoms with E-state index in [9.17, 15) is 9.59 Å². The predicted molar refractivity (Wildman–Crippen MR) is 134 cm³/mol. The van der Waals surface area contributed by atoms with E-state index in [2.05, 4.69) is 31.9 Å². The second kappa shape index (κ2) is 10.1. The molecule has 7 heteroatoms. The molecule has 0 spiro atoms. The van der Waals surface area contributed by atoms with Crippen molar-refractivity contribution in [3.8, 4) is 0 Å². The number of hydrogen-bond acceptors (Lipinski definition) is 5. The summed E-state index contributed by atoms with van der Waals surface area (Å²) in [6, 6.07) is 21.8. The van der Waals surface area contributed by atoms with Crippen LogP contribution in [0.5, 0.6) is 0 Å². The van der Waals surface area contributed by atoms with Crippen molar-refractivity contribution in [2.24, 2.45) is 0 Å². The third-order valence-corrected chi connectivity index (χ3v) is 7.47. The molecule has 1 aromatic heterocycles. The van der Waals surface area contributed by atoms with Crippen molar-refractivity contribution < 1.29 is 9.59 Å². The first-order chi connectivity index (χ1) is 16.6. The standard InChI is InChI=1S/C27H30N4O2S/c32-25-27(17-22-7-3-1-4-8-22,18-23-9-5-2-6-10-23)28-26(33)31(25)21-30-14-12-29(13-15-30)19-24-11-16-34-20-24/h1-11,16,20H,12-15,17-19,21H2,(H,28,33). The van der Waals surface area contributed by atoms with Crippen LogP contribution in [-0.2, 0) is 24.2 Å². The van der Waals surface area contributed by atoms with E-state index in [0.29, 0.717) is 19.5 Å². The number of imide groups is 1. The van der Waals surface area contributed by atoms with Gasteiger partial charge in [-0.25, -0.2) is 9.69 Å². The lowest BCUT2D eigenvalue weighted by atomic mass is 9.84. The van der Waals surface area contributed by atoms with Crippen LogP contribution in [0.15, 0.2) is 77.5 Å². The van der Waals surface area contributed by atoms with Crippen molar-refractivity contribution in [3.63, 3.8) is 0 Å². The van der Waals surface area contributed by atoms with E-state index in [1.54, 1.807) is 11.3 Å². The van der Waals surface area contributed by atoms with Crippen LogP contribution in [0.3, 0.4) is 0 Å². The zero-order valence-corrected chi connectivity index (χ0v) is 20.0. The van der Waals surface area contributed by atoms with Gasteiger partial charge in [-0.05, 0) is 33.5 Å². The maximum absolute atomic E-state index is 13.8. The second-order valence-corrected chi connectivity index (χ2v) is 10.0. The first kappa shape index (κ1) is 22.8. The average molecular weight is 475 g/mol. The largest absolute Gasteiger partial charge is 0.326 e. The normalized spacial score (nSPS) is 18.9. The van der Waals surface area contributed by atoms with Gasteiger partial charge in [0.2, 0.25) is 0 Å². The maximum Gasteiger partial charge on any atom is 0.326 e. The third-order valence-electron chi connectivity index (χ3n) is 6.74. The molecule has 2 aliphatic heterocycles. The van der Waals surface area contributed by atoms with Crippen LogP contribution in [0.2, 0.25) is 0 Å². The molecule has 3 amide bonds. The smallest absolute Gasteiger partial charge is 0.322 e. The number of carbonyl (C=O) groups is 2. The molecule has 0 aliphatic carbocycles. The highest BCUT2D eigenvalue weighted by Gasteiger charge is 2.51. The SMILES string of the molecule is O=C1NC(Cc2ccccc2)(Cc2ccccc2)C(=O)N1CN1CCN(Cc2ccsc2)CC1. The minimum absolute atomic E-state index is 0.133. The lowest BCUT2D eigenvalue weighted by Gasteiger charge is -2.36. The summed E-state index contributed by atoms with van der Waals surface area (Å²) in [7, 11) is 0. The Balaban J connectivity index is 1.28. The van der Waals surface area contributed by atoms with Crippen molar-refractivity contribution in [2.45, 2.75) is 24.9 Å². The summed E-state index contributed by atoms with van der Waals surface area (Å²) in [6.45, 7) is 4.83. The van der Waals surface area contributed by atoms with Gasteiger partial charge in [-0.3, -0.25) is 14.6 Å². The highest BCUT2D eigenvalue weighted by atomic mass is 32.1. The van der Waals surface area contributed by atoms with Crippen LogP contribution in [-0.4, -0.2) is 65.0 Å². The number of nitrogens with zero attached hydrogens (tertiary/aromatic N) is 3. The Morgan fingerprint density at radius 1 is 0.765 bits per heavy atom. The first-order valence-electron chi connectivity index (χ1n) is 11.8. The lowest BCUT2D eigenvalue weighted by Crippen LogP contribution is -2.53. The second-order valence-electron chi connectivity index (χ2n) is 9.24. The minimum Gasteiger partial charge on any atom is -0.322 e. The van der Waals surface area contributed by atoms with E-state index in [1.807, 2.05) is 60.7 Å². The fraction of sp³-hybridized carbons (Fsp3) is 0.333. The van der Waals surface area contributed by atoms with E-state index in [4.69, 9.17) is 0 Å². The molecule has 0 bridgehead atoms. The van der Waals surface area contributed by atoms with Crippen LogP contribution in [0.1, 0.15) is 16.7 Å². The zero-order valence-electron chi connectivity index (χ0n) is 19.2. The molecule has 3 aromatic rings. The number of amides is 3. The number of hydrogen-bond donors (Lipinski definition) is 1. The fourth-order valence-corrected chi connectivity index (χ4v) is 5.58. The van der Waals surface area contributed by atoms with Gasteiger partial charge in [-0.2, -0.15) is 11.3 Å². The molecule has 34 heavy (non-hydrogen) atoms. The van der Waals surface area contributed by atoms with Crippen LogP contribution in [0, 0.1) is 0 Å². The summed E-state index contributed by atoms with van der Waals surface area (Å²) in [5.74, 6) is -0.133. The maximum atomic E-state index is 13.8. The summed E-state index contributed by atoms with van der Waals surface area (Å²) < 4.78 is 0. The fourth-order valence-electron chi connectivity index (χ4n) is 4.93. The number of benzene rings is 2. The van der Waals surface area contributed by atoms with Gasteiger partial charge in [0.1, 0.15) is 5.54 Å². The third kappa shape index (κ3) is 5.06. The quantitative estimate of drug-likeness (QED) is 0.507. The highest BCUT2D eigenvalue weighted by molar-refractivity contribution is 7.07. The van der Waals surface area contributed by atoms with Gasteiger partial charge in [-0.15, -0.1) is 0 Å². The lowest BCUT2D eigenvalue weighted by molar-refractivity contribution is -0.133. The number of carbonyl (C=O) groups excluding carboxylic acids is 2. The Labute approximate surface area is 204 Å². The monoisotopic (exact) mass is 474 g/mol. The van der Waals surface area contributed by atoms with Crippen LogP contribution in [0.4, 0.5) is 4.79 Å². The van der Waals surface area contributed by atoms with Crippen molar-refractivity contribution >= 4 is 23.3 Å². The van der Waals surface area contributed by atoms with Gasteiger partial charge in [0.15, 0.2) is 0 Å². The molecule has 0 saturated carbocycles. The Bertz CT molecular complexity index is 1050. The average Bonchev–Trinajstić information content (AvgIpc) is 3.44. The highest BCUT2D eigenvalue weighted by Crippen LogP contribution is 2.27. The molecule has 2 aliphatic rings. The van der Waals surface area contributed by atoms with Crippen molar-refractivity contribution in [1.82, 2.24) is 20.0 Å². The number of piperazine rings is 1. The molecule has 1 N–H and O–H groups in total. The topological polar surface area (TPSA) is 55.9 Å². The summed E-state index contributed by atoms with van der Waals surface area (Å²) in [5.41, 5.74) is 2.45. The van der Waals surface area contributed by atoms with Gasteiger partial charge < -0.3 is 5.32 Å². The minimum atomic E-state index is -0.972. The van der Waals surface area contributed by atoms with E-state index in [1.165, 1.54) is 10.5 Å². The van der Waals surface area contributed by atoms with Crippen LogP contribution < -0.4 is 5.32 Å². The molecule has 3 heterocycles. The molecule has 0 radical (unpaired) electrons. The molecule has 5 rings (SSSR count). The summed E-state index contributed by atoms with van der Waals surface area (Å²) in [5, 5.41) is 7.40. The van der Waals surface area contributed by atoms with Gasteiger partial charge in [0, 0.05) is 45.6 Å². The number of urea groups is 1. The molecule has 0 unspecified atom stereocenters. The van der Waals surface area contributed by atoms with E-state index in [-0.39, 0.29) is 11.9 Å². The summed E-state index contributed by atoms with van der Waals surface area (Å²) >= 11 is 1.73. The molecular weight excluding hydrogens is 444 g/mol. The van der Waals surface area contributed by atoms with Crippen molar-refractivity contribution in [3.05, 3.63) is 94.2 Å². The van der Waals surface area contributed by atoms with E-state index < -0.39 is 5.54 Å². The molecular formula is C27H30N4O2S. The van der Waals surface area contributed by atoms with Gasteiger partial charge in [-0.1, -0.05) is 60.7 Å². The summed E-state index contributed by atoms with van der Waals surface area (Å²) in [4.78, 5) is 32.9. The molecule has 2 aromatic carbocycles. The zero-order chi connectivity index (χ0) is 23.4. The number of rotatable bonds is 8.